The van der Waals surface area contributed by atoms with Crippen molar-refractivity contribution in [2.24, 2.45) is 0 Å². The van der Waals surface area contributed by atoms with Gasteiger partial charge in [-0.1, -0.05) is 0 Å². The van der Waals surface area contributed by atoms with E-state index < -0.39 is 13.6 Å². The molecule has 0 aliphatic rings. The minimum absolute atomic E-state index is 1.37. The molecule has 0 unspecified atom stereocenters. The summed E-state index contributed by atoms with van der Waals surface area (Å²) in [4.78, 5) is 0. The van der Waals surface area contributed by atoms with Crippen molar-refractivity contribution in [2.75, 3.05) is 0 Å². The molecular formula is C25H22As. The average molecular weight is 397 g/mol. The topological polar surface area (TPSA) is 0 Å². The summed E-state index contributed by atoms with van der Waals surface area (Å²) in [5.41, 5.74) is 1.37. The van der Waals surface area contributed by atoms with Crippen LogP contribution >= 0.6 is 0 Å². The van der Waals surface area contributed by atoms with Crippen LogP contribution in [0.5, 0.6) is 0 Å². The normalized spacial score (nSPS) is 11.3. The van der Waals surface area contributed by atoms with Crippen molar-refractivity contribution in [2.45, 2.75) is 6.92 Å². The van der Waals surface area contributed by atoms with E-state index in [1.165, 1.54) is 23.0 Å². The predicted molar refractivity (Wildman–Crippen MR) is 115 cm³/mol. The molecule has 0 aliphatic heterocycles. The third-order valence-corrected chi connectivity index (χ3v) is 14.2. The number of aryl methyl sites for hydroxylation is 1. The van der Waals surface area contributed by atoms with Crippen LogP contribution in [0.15, 0.2) is 115 Å². The van der Waals surface area contributed by atoms with Crippen molar-refractivity contribution in [1.29, 1.82) is 0 Å². The van der Waals surface area contributed by atoms with Gasteiger partial charge in [0.15, 0.2) is 0 Å². The van der Waals surface area contributed by atoms with Gasteiger partial charge in [-0.05, 0) is 0 Å². The van der Waals surface area contributed by atoms with Gasteiger partial charge >= 0.3 is 159 Å². The van der Waals surface area contributed by atoms with Gasteiger partial charge in [0.1, 0.15) is 0 Å². The molecule has 0 atom stereocenters. The number of rotatable bonds is 4. The Morgan fingerprint density at radius 2 is 0.769 bits per heavy atom. The van der Waals surface area contributed by atoms with Crippen molar-refractivity contribution < 1.29 is 0 Å². The van der Waals surface area contributed by atoms with E-state index in [-0.39, 0.29) is 0 Å². The SMILES string of the molecule is Cc1ccccc1[As](c1ccccc1)(c1ccccc1)c1ccccc1. The Balaban J connectivity index is 2.17. The number of benzene rings is 4. The zero-order valence-corrected chi connectivity index (χ0v) is 16.8. The van der Waals surface area contributed by atoms with Crippen molar-refractivity contribution in [3.8, 4) is 0 Å². The molecular weight excluding hydrogens is 375 g/mol. The fourth-order valence-corrected chi connectivity index (χ4v) is 13.2. The van der Waals surface area contributed by atoms with Crippen LogP contribution in [0.4, 0.5) is 0 Å². The summed E-state index contributed by atoms with van der Waals surface area (Å²) in [6.07, 6.45) is 0. The Hall–Kier alpha value is -2.56. The molecule has 127 valence electrons. The second-order valence-corrected chi connectivity index (χ2v) is 13.5. The predicted octanol–water partition coefficient (Wildman–Crippen LogP) is 3.37. The molecule has 0 aliphatic carbocycles. The molecule has 4 aromatic carbocycles. The molecule has 0 saturated carbocycles. The Kier molecular flexibility index (Phi) is 4.78. The molecule has 26 heavy (non-hydrogen) atoms. The Labute approximate surface area is 158 Å². The molecule has 0 bridgehead atoms. The van der Waals surface area contributed by atoms with Gasteiger partial charge in [-0.25, -0.2) is 0 Å². The van der Waals surface area contributed by atoms with Crippen LogP contribution in [0.25, 0.3) is 0 Å². The van der Waals surface area contributed by atoms with Gasteiger partial charge in [-0.15, -0.1) is 0 Å². The first-order chi connectivity index (χ1) is 12.8. The summed E-state index contributed by atoms with van der Waals surface area (Å²) >= 11 is -2.82. The van der Waals surface area contributed by atoms with Crippen molar-refractivity contribution in [3.05, 3.63) is 121 Å². The first-order valence-electron chi connectivity index (χ1n) is 8.95. The second-order valence-electron chi connectivity index (χ2n) is 6.46. The van der Waals surface area contributed by atoms with E-state index in [2.05, 4.69) is 122 Å². The van der Waals surface area contributed by atoms with Crippen LogP contribution in [0.3, 0.4) is 0 Å². The maximum atomic E-state index is 2.34. The van der Waals surface area contributed by atoms with Crippen LogP contribution in [0, 0.1) is 6.92 Å². The summed E-state index contributed by atoms with van der Waals surface area (Å²) in [5, 5.41) is 0. The first-order valence-corrected chi connectivity index (χ1v) is 12.7. The van der Waals surface area contributed by atoms with Gasteiger partial charge in [0.2, 0.25) is 0 Å². The molecule has 0 N–H and O–H groups in total. The van der Waals surface area contributed by atoms with Crippen molar-refractivity contribution >= 4 is 31.0 Å². The van der Waals surface area contributed by atoms with Gasteiger partial charge < -0.3 is 0 Å². The van der Waals surface area contributed by atoms with Gasteiger partial charge in [0, 0.05) is 0 Å². The zero-order valence-electron chi connectivity index (χ0n) is 14.9. The third kappa shape index (κ3) is 2.81. The Morgan fingerprint density at radius 3 is 1.15 bits per heavy atom. The zero-order chi connectivity index (χ0) is 17.8. The average Bonchev–Trinajstić information content (AvgIpc) is 2.72. The van der Waals surface area contributed by atoms with E-state index in [0.29, 0.717) is 0 Å². The summed E-state index contributed by atoms with van der Waals surface area (Å²) in [6.45, 7) is 2.25. The number of hydrogen-bond donors (Lipinski definition) is 0. The first kappa shape index (κ1) is 16.9. The molecule has 1 heteroatoms. The van der Waals surface area contributed by atoms with E-state index in [1.807, 2.05) is 0 Å². The maximum absolute atomic E-state index is 2.82. The fourth-order valence-electron chi connectivity index (χ4n) is 3.76. The van der Waals surface area contributed by atoms with Gasteiger partial charge in [-0.3, -0.25) is 0 Å². The van der Waals surface area contributed by atoms with E-state index in [9.17, 15) is 0 Å². The van der Waals surface area contributed by atoms with Crippen LogP contribution < -0.4 is 17.4 Å². The molecule has 0 heterocycles. The molecule has 4 rings (SSSR count). The van der Waals surface area contributed by atoms with Gasteiger partial charge in [-0.2, -0.15) is 0 Å². The molecule has 0 spiro atoms. The molecule has 0 fully saturated rings. The van der Waals surface area contributed by atoms with Crippen LogP contribution in [0.2, 0.25) is 0 Å². The molecule has 0 amide bonds. The Morgan fingerprint density at radius 1 is 0.423 bits per heavy atom. The summed E-state index contributed by atoms with van der Waals surface area (Å²) in [7, 11) is 0. The van der Waals surface area contributed by atoms with Crippen LogP contribution in [-0.2, 0) is 0 Å². The molecule has 4 aromatic rings. The van der Waals surface area contributed by atoms with E-state index in [1.54, 1.807) is 0 Å². The van der Waals surface area contributed by atoms with Crippen LogP contribution in [-0.4, -0.2) is 13.6 Å². The summed E-state index contributed by atoms with van der Waals surface area (Å²) < 4.78 is 5.86. The van der Waals surface area contributed by atoms with E-state index in [0.717, 1.165) is 0 Å². The van der Waals surface area contributed by atoms with Crippen molar-refractivity contribution in [1.82, 2.24) is 0 Å². The van der Waals surface area contributed by atoms with Gasteiger partial charge in [0.05, 0.1) is 0 Å². The standard InChI is InChI=1S/C25H22As/c1-21-13-11-12-20-25(21)26(22-14-5-2-6-15-22,23-16-7-3-8-17-23)24-18-9-4-10-19-24/h2-20H,1H3. The molecule has 0 nitrogen and oxygen atoms in total. The molecule has 0 saturated heterocycles. The molecule has 1 radical (unpaired) electrons. The number of hydrogen-bond acceptors (Lipinski definition) is 0. The van der Waals surface area contributed by atoms with Gasteiger partial charge in [0.25, 0.3) is 0 Å². The Bertz CT molecular complexity index is 879. The minimum atomic E-state index is -2.82. The van der Waals surface area contributed by atoms with Crippen molar-refractivity contribution in [3.63, 3.8) is 0 Å². The molecule has 0 aromatic heterocycles. The third-order valence-electron chi connectivity index (χ3n) is 4.91. The second kappa shape index (κ2) is 7.36. The van der Waals surface area contributed by atoms with Crippen LogP contribution in [0.1, 0.15) is 5.56 Å². The quantitative estimate of drug-likeness (QED) is 0.464. The fraction of sp³-hybridized carbons (Fsp3) is 0.0400. The van der Waals surface area contributed by atoms with E-state index in [4.69, 9.17) is 0 Å². The van der Waals surface area contributed by atoms with E-state index >= 15 is 0 Å². The monoisotopic (exact) mass is 397 g/mol. The summed E-state index contributed by atoms with van der Waals surface area (Å²) in [6, 6.07) is 42.2. The summed E-state index contributed by atoms with van der Waals surface area (Å²) in [5.74, 6) is 0.